The number of rotatable bonds is 6. The van der Waals surface area contributed by atoms with Crippen molar-refractivity contribution in [1.29, 1.82) is 0 Å². The monoisotopic (exact) mass is 281 g/mol. The van der Waals surface area contributed by atoms with Gasteiger partial charge in [-0.05, 0) is 31.4 Å². The standard InChI is InChI=1S/C14H16FNO4/c15-10-3-1-4-11(9-10)20-8-5-12(17)16-14(13(18)19)6-2-7-14/h1,3-4,9H,2,5-8H2,(H,16,17)(H,18,19). The van der Waals surface area contributed by atoms with Gasteiger partial charge in [0.15, 0.2) is 0 Å². The molecule has 0 radical (unpaired) electrons. The normalized spacial score (nSPS) is 16.1. The molecule has 1 aromatic rings. The average Bonchev–Trinajstić information content (AvgIpc) is 2.33. The molecular formula is C14H16FNO4. The van der Waals surface area contributed by atoms with Gasteiger partial charge in [0.1, 0.15) is 17.1 Å². The van der Waals surface area contributed by atoms with E-state index >= 15 is 0 Å². The zero-order chi connectivity index (χ0) is 14.6. The van der Waals surface area contributed by atoms with Gasteiger partial charge in [0, 0.05) is 6.07 Å². The average molecular weight is 281 g/mol. The highest BCUT2D eigenvalue weighted by Crippen LogP contribution is 2.32. The van der Waals surface area contributed by atoms with Crippen LogP contribution in [-0.4, -0.2) is 29.1 Å². The largest absolute Gasteiger partial charge is 0.493 e. The minimum absolute atomic E-state index is 0.0333. The quantitative estimate of drug-likeness (QED) is 0.832. The summed E-state index contributed by atoms with van der Waals surface area (Å²) in [7, 11) is 0. The second kappa shape index (κ2) is 5.90. The van der Waals surface area contributed by atoms with Crippen molar-refractivity contribution in [2.24, 2.45) is 0 Å². The Hall–Kier alpha value is -2.11. The van der Waals surface area contributed by atoms with Crippen molar-refractivity contribution in [1.82, 2.24) is 5.32 Å². The van der Waals surface area contributed by atoms with Crippen molar-refractivity contribution < 1.29 is 23.8 Å². The Bertz CT molecular complexity index is 514. The molecule has 1 aliphatic rings. The minimum atomic E-state index is -1.10. The molecule has 0 atom stereocenters. The number of hydrogen-bond donors (Lipinski definition) is 2. The number of halogens is 1. The molecule has 1 fully saturated rings. The van der Waals surface area contributed by atoms with Crippen LogP contribution >= 0.6 is 0 Å². The first kappa shape index (κ1) is 14.3. The van der Waals surface area contributed by atoms with Gasteiger partial charge < -0.3 is 15.2 Å². The fourth-order valence-corrected chi connectivity index (χ4v) is 2.07. The molecule has 20 heavy (non-hydrogen) atoms. The predicted molar refractivity (Wildman–Crippen MR) is 68.9 cm³/mol. The highest BCUT2D eigenvalue weighted by atomic mass is 19.1. The zero-order valence-electron chi connectivity index (χ0n) is 10.9. The fourth-order valence-electron chi connectivity index (χ4n) is 2.07. The first-order chi connectivity index (χ1) is 9.52. The Kier molecular flexibility index (Phi) is 4.22. The van der Waals surface area contributed by atoms with Crippen LogP contribution in [0.3, 0.4) is 0 Å². The molecule has 2 N–H and O–H groups in total. The maximum absolute atomic E-state index is 12.9. The summed E-state index contributed by atoms with van der Waals surface area (Å²) in [6, 6.07) is 5.62. The van der Waals surface area contributed by atoms with E-state index in [2.05, 4.69) is 5.32 Å². The van der Waals surface area contributed by atoms with Crippen molar-refractivity contribution in [2.45, 2.75) is 31.2 Å². The summed E-state index contributed by atoms with van der Waals surface area (Å²) in [6.45, 7) is 0.0744. The summed E-state index contributed by atoms with van der Waals surface area (Å²) in [4.78, 5) is 22.8. The first-order valence-corrected chi connectivity index (χ1v) is 6.45. The Morgan fingerprint density at radius 3 is 2.70 bits per heavy atom. The number of carbonyl (C=O) groups is 2. The van der Waals surface area contributed by atoms with E-state index in [1.807, 2.05) is 0 Å². The second-order valence-electron chi connectivity index (χ2n) is 4.84. The third-order valence-corrected chi connectivity index (χ3v) is 3.39. The summed E-state index contributed by atoms with van der Waals surface area (Å²) in [5.74, 6) is -1.44. The molecule has 1 aromatic carbocycles. The number of ether oxygens (including phenoxy) is 1. The number of carbonyl (C=O) groups excluding carboxylic acids is 1. The van der Waals surface area contributed by atoms with E-state index < -0.39 is 17.3 Å². The van der Waals surface area contributed by atoms with Gasteiger partial charge in [0.05, 0.1) is 13.0 Å². The molecule has 1 amide bonds. The molecule has 1 saturated carbocycles. The number of hydrogen-bond acceptors (Lipinski definition) is 3. The van der Waals surface area contributed by atoms with Crippen LogP contribution in [0.1, 0.15) is 25.7 Å². The minimum Gasteiger partial charge on any atom is -0.493 e. The van der Waals surface area contributed by atoms with Gasteiger partial charge in [-0.2, -0.15) is 0 Å². The lowest BCUT2D eigenvalue weighted by Crippen LogP contribution is -2.59. The lowest BCUT2D eigenvalue weighted by atomic mass is 9.76. The maximum Gasteiger partial charge on any atom is 0.329 e. The van der Waals surface area contributed by atoms with Crippen LogP contribution in [0.4, 0.5) is 4.39 Å². The van der Waals surface area contributed by atoms with Crippen LogP contribution in [0.25, 0.3) is 0 Å². The van der Waals surface area contributed by atoms with Crippen molar-refractivity contribution in [3.63, 3.8) is 0 Å². The van der Waals surface area contributed by atoms with E-state index in [0.29, 0.717) is 18.6 Å². The van der Waals surface area contributed by atoms with E-state index in [1.54, 1.807) is 6.07 Å². The molecular weight excluding hydrogens is 265 g/mol. The molecule has 1 aliphatic carbocycles. The highest BCUT2D eigenvalue weighted by molar-refractivity contribution is 5.87. The highest BCUT2D eigenvalue weighted by Gasteiger charge is 2.45. The molecule has 5 nitrogen and oxygen atoms in total. The Balaban J connectivity index is 1.77. The van der Waals surface area contributed by atoms with Crippen LogP contribution in [-0.2, 0) is 9.59 Å². The van der Waals surface area contributed by atoms with Crippen LogP contribution in [0, 0.1) is 5.82 Å². The van der Waals surface area contributed by atoms with Gasteiger partial charge in [-0.3, -0.25) is 4.79 Å². The molecule has 6 heteroatoms. The summed E-state index contributed by atoms with van der Waals surface area (Å²) in [5.41, 5.74) is -1.10. The molecule has 108 valence electrons. The zero-order valence-corrected chi connectivity index (χ0v) is 10.9. The van der Waals surface area contributed by atoms with Crippen LogP contribution in [0.5, 0.6) is 5.75 Å². The summed E-state index contributed by atoms with van der Waals surface area (Å²) in [6.07, 6.45) is 1.75. The maximum atomic E-state index is 12.9. The third-order valence-electron chi connectivity index (χ3n) is 3.39. The van der Waals surface area contributed by atoms with E-state index in [1.165, 1.54) is 18.2 Å². The lowest BCUT2D eigenvalue weighted by molar-refractivity contribution is -0.151. The number of carboxylic acid groups (broad SMARTS) is 1. The molecule has 2 rings (SSSR count). The van der Waals surface area contributed by atoms with E-state index in [0.717, 1.165) is 6.42 Å². The van der Waals surface area contributed by atoms with Crippen molar-refractivity contribution in [3.8, 4) is 5.75 Å². The van der Waals surface area contributed by atoms with Gasteiger partial charge in [0.25, 0.3) is 0 Å². The first-order valence-electron chi connectivity index (χ1n) is 6.45. The van der Waals surface area contributed by atoms with Crippen molar-refractivity contribution in [3.05, 3.63) is 30.1 Å². The number of nitrogens with one attached hydrogen (secondary N) is 1. The number of aliphatic carboxylic acids is 1. The van der Waals surface area contributed by atoms with Crippen LogP contribution < -0.4 is 10.1 Å². The van der Waals surface area contributed by atoms with Crippen molar-refractivity contribution >= 4 is 11.9 Å². The van der Waals surface area contributed by atoms with E-state index in [-0.39, 0.29) is 18.9 Å². The van der Waals surface area contributed by atoms with E-state index in [4.69, 9.17) is 9.84 Å². The summed E-state index contributed by atoms with van der Waals surface area (Å²) >= 11 is 0. The van der Waals surface area contributed by atoms with Crippen LogP contribution in [0.2, 0.25) is 0 Å². The smallest absolute Gasteiger partial charge is 0.329 e. The van der Waals surface area contributed by atoms with Crippen molar-refractivity contribution in [2.75, 3.05) is 6.61 Å². The molecule has 0 saturated heterocycles. The predicted octanol–water partition coefficient (Wildman–Crippen LogP) is 1.72. The fraction of sp³-hybridized carbons (Fsp3) is 0.429. The third kappa shape index (κ3) is 3.26. The van der Waals surface area contributed by atoms with Gasteiger partial charge in [-0.1, -0.05) is 6.07 Å². The van der Waals surface area contributed by atoms with Gasteiger partial charge in [-0.25, -0.2) is 9.18 Å². The van der Waals surface area contributed by atoms with Gasteiger partial charge in [-0.15, -0.1) is 0 Å². The summed E-state index contributed by atoms with van der Waals surface area (Å²) in [5, 5.41) is 11.6. The SMILES string of the molecule is O=C(CCOc1cccc(F)c1)NC1(C(=O)O)CCC1. The summed E-state index contributed by atoms with van der Waals surface area (Å²) < 4.78 is 18.1. The molecule has 0 bridgehead atoms. The van der Waals surface area contributed by atoms with Gasteiger partial charge in [0.2, 0.25) is 5.91 Å². The molecule has 0 aliphatic heterocycles. The molecule has 0 unspecified atom stereocenters. The molecule has 0 heterocycles. The van der Waals surface area contributed by atoms with Gasteiger partial charge >= 0.3 is 5.97 Å². The second-order valence-corrected chi connectivity index (χ2v) is 4.84. The number of amides is 1. The number of benzene rings is 1. The van der Waals surface area contributed by atoms with E-state index in [9.17, 15) is 14.0 Å². The number of carboxylic acids is 1. The van der Waals surface area contributed by atoms with Crippen LogP contribution in [0.15, 0.2) is 24.3 Å². The Morgan fingerprint density at radius 2 is 2.15 bits per heavy atom. The Labute approximate surface area is 115 Å². The lowest BCUT2D eigenvalue weighted by Gasteiger charge is -2.38. The molecule has 0 spiro atoms. The Morgan fingerprint density at radius 1 is 1.40 bits per heavy atom. The molecule has 0 aromatic heterocycles. The topological polar surface area (TPSA) is 75.6 Å².